The van der Waals surface area contributed by atoms with Gasteiger partial charge in [-0.25, -0.2) is 0 Å². The Morgan fingerprint density at radius 2 is 1.74 bits per heavy atom. The van der Waals surface area contributed by atoms with E-state index in [1.165, 1.54) is 16.7 Å². The van der Waals surface area contributed by atoms with Crippen LogP contribution in [0, 0.1) is 0 Å². The lowest BCUT2D eigenvalue weighted by molar-refractivity contribution is 0.241. The first kappa shape index (κ1) is 12.2. The van der Waals surface area contributed by atoms with E-state index >= 15 is 0 Å². The second-order valence-corrected chi connectivity index (χ2v) is 5.49. The van der Waals surface area contributed by atoms with Crippen LogP contribution in [-0.2, 0) is 19.4 Å². The van der Waals surface area contributed by atoms with Crippen molar-refractivity contribution in [1.82, 2.24) is 4.90 Å². The van der Waals surface area contributed by atoms with Crippen LogP contribution in [0.3, 0.4) is 0 Å². The Morgan fingerprint density at radius 1 is 1.05 bits per heavy atom. The highest BCUT2D eigenvalue weighted by molar-refractivity contribution is 5.40. The van der Waals surface area contributed by atoms with E-state index < -0.39 is 0 Å². The molecular formula is C17H20N2. The van der Waals surface area contributed by atoms with Crippen molar-refractivity contribution in [2.75, 3.05) is 12.8 Å². The average molecular weight is 252 g/mol. The van der Waals surface area contributed by atoms with Crippen molar-refractivity contribution in [2.24, 2.45) is 0 Å². The summed E-state index contributed by atoms with van der Waals surface area (Å²) in [4.78, 5) is 2.44. The molecule has 2 aromatic carbocycles. The fraction of sp³-hybridized carbons (Fsp3) is 0.294. The van der Waals surface area contributed by atoms with E-state index in [0.717, 1.165) is 25.1 Å². The third-order valence-electron chi connectivity index (χ3n) is 4.04. The van der Waals surface area contributed by atoms with Gasteiger partial charge in [-0.1, -0.05) is 36.4 Å². The topological polar surface area (TPSA) is 29.3 Å². The lowest BCUT2D eigenvalue weighted by Gasteiger charge is -2.24. The molecule has 0 unspecified atom stereocenters. The molecule has 98 valence electrons. The first-order valence-electron chi connectivity index (χ1n) is 6.84. The Hall–Kier alpha value is -1.80. The summed E-state index contributed by atoms with van der Waals surface area (Å²) in [5.41, 5.74) is 11.0. The van der Waals surface area contributed by atoms with Crippen molar-refractivity contribution in [3.63, 3.8) is 0 Å². The summed E-state index contributed by atoms with van der Waals surface area (Å²) in [5.74, 6) is 0. The summed E-state index contributed by atoms with van der Waals surface area (Å²) in [6.07, 6.45) is 2.32. The fourth-order valence-corrected chi connectivity index (χ4v) is 2.96. The molecule has 2 nitrogen and oxygen atoms in total. The molecule has 19 heavy (non-hydrogen) atoms. The zero-order chi connectivity index (χ0) is 13.2. The summed E-state index contributed by atoms with van der Waals surface area (Å²) in [7, 11) is 2.21. The summed E-state index contributed by atoms with van der Waals surface area (Å²) < 4.78 is 0. The van der Waals surface area contributed by atoms with E-state index in [2.05, 4.69) is 48.3 Å². The minimum atomic E-state index is 0.610. The summed E-state index contributed by atoms with van der Waals surface area (Å²) in [5, 5.41) is 0. The van der Waals surface area contributed by atoms with Crippen LogP contribution >= 0.6 is 0 Å². The lowest BCUT2D eigenvalue weighted by Crippen LogP contribution is -2.31. The number of hydrogen-bond acceptors (Lipinski definition) is 2. The number of rotatable bonds is 3. The molecule has 2 aromatic rings. The molecule has 0 aromatic heterocycles. The molecule has 0 bridgehead atoms. The van der Waals surface area contributed by atoms with Crippen LogP contribution in [0.2, 0.25) is 0 Å². The van der Waals surface area contributed by atoms with Crippen molar-refractivity contribution < 1.29 is 0 Å². The summed E-state index contributed by atoms with van der Waals surface area (Å²) in [6, 6.07) is 17.6. The standard InChI is InChI=1S/C17H20N2/c1-19(12-13-5-4-8-16(18)9-13)17-10-14-6-2-3-7-15(14)11-17/h2-9,17H,10-12,18H2,1H3. The van der Waals surface area contributed by atoms with E-state index in [-0.39, 0.29) is 0 Å². The van der Waals surface area contributed by atoms with Crippen molar-refractivity contribution in [3.8, 4) is 0 Å². The van der Waals surface area contributed by atoms with Gasteiger partial charge in [0.25, 0.3) is 0 Å². The molecule has 0 heterocycles. The molecule has 3 rings (SSSR count). The number of likely N-dealkylation sites (N-methyl/N-ethyl adjacent to an activating group) is 1. The number of anilines is 1. The highest BCUT2D eigenvalue weighted by Crippen LogP contribution is 2.25. The summed E-state index contributed by atoms with van der Waals surface area (Å²) in [6.45, 7) is 0.962. The third-order valence-corrected chi connectivity index (χ3v) is 4.04. The van der Waals surface area contributed by atoms with Gasteiger partial charge in [0.2, 0.25) is 0 Å². The van der Waals surface area contributed by atoms with Crippen molar-refractivity contribution in [1.29, 1.82) is 0 Å². The van der Waals surface area contributed by atoms with E-state index in [1.807, 2.05) is 12.1 Å². The van der Waals surface area contributed by atoms with Gasteiger partial charge in [-0.15, -0.1) is 0 Å². The number of benzene rings is 2. The Bertz CT molecular complexity index is 552. The Labute approximate surface area is 114 Å². The van der Waals surface area contributed by atoms with E-state index in [9.17, 15) is 0 Å². The molecule has 2 heteroatoms. The van der Waals surface area contributed by atoms with Gasteiger partial charge in [0, 0.05) is 18.3 Å². The smallest absolute Gasteiger partial charge is 0.0317 e. The molecule has 0 radical (unpaired) electrons. The van der Waals surface area contributed by atoms with E-state index in [0.29, 0.717) is 6.04 Å². The van der Waals surface area contributed by atoms with Crippen molar-refractivity contribution in [3.05, 3.63) is 65.2 Å². The summed E-state index contributed by atoms with van der Waals surface area (Å²) >= 11 is 0. The molecule has 0 aliphatic heterocycles. The van der Waals surface area contributed by atoms with Crippen LogP contribution in [0.4, 0.5) is 5.69 Å². The molecular weight excluding hydrogens is 232 g/mol. The van der Waals surface area contributed by atoms with E-state index in [4.69, 9.17) is 5.73 Å². The first-order valence-corrected chi connectivity index (χ1v) is 6.84. The molecule has 0 atom stereocenters. The van der Waals surface area contributed by atoms with Gasteiger partial charge in [0.05, 0.1) is 0 Å². The van der Waals surface area contributed by atoms with Gasteiger partial charge >= 0.3 is 0 Å². The maximum atomic E-state index is 5.84. The molecule has 1 aliphatic carbocycles. The monoisotopic (exact) mass is 252 g/mol. The van der Waals surface area contributed by atoms with Crippen molar-refractivity contribution >= 4 is 5.69 Å². The fourth-order valence-electron chi connectivity index (χ4n) is 2.96. The number of nitrogen functional groups attached to an aromatic ring is 1. The van der Waals surface area contributed by atoms with Gasteiger partial charge in [0.15, 0.2) is 0 Å². The van der Waals surface area contributed by atoms with Gasteiger partial charge in [-0.05, 0) is 48.7 Å². The lowest BCUT2D eigenvalue weighted by atomic mass is 10.1. The molecule has 0 saturated heterocycles. The predicted molar refractivity (Wildman–Crippen MR) is 80.0 cm³/mol. The number of nitrogens with two attached hydrogens (primary N) is 1. The Kier molecular flexibility index (Phi) is 3.26. The second kappa shape index (κ2) is 5.06. The predicted octanol–water partition coefficient (Wildman–Crippen LogP) is 2.87. The first-order chi connectivity index (χ1) is 9.22. The minimum Gasteiger partial charge on any atom is -0.399 e. The number of hydrogen-bond donors (Lipinski definition) is 1. The van der Waals surface area contributed by atoms with Gasteiger partial charge in [-0.2, -0.15) is 0 Å². The van der Waals surface area contributed by atoms with Crippen LogP contribution in [0.1, 0.15) is 16.7 Å². The van der Waals surface area contributed by atoms with E-state index in [1.54, 1.807) is 0 Å². The second-order valence-electron chi connectivity index (χ2n) is 5.49. The largest absolute Gasteiger partial charge is 0.399 e. The highest BCUT2D eigenvalue weighted by atomic mass is 15.1. The Balaban J connectivity index is 1.68. The quantitative estimate of drug-likeness (QED) is 0.851. The van der Waals surface area contributed by atoms with Gasteiger partial charge < -0.3 is 5.73 Å². The van der Waals surface area contributed by atoms with Gasteiger partial charge in [-0.3, -0.25) is 4.90 Å². The van der Waals surface area contributed by atoms with Crippen LogP contribution in [0.25, 0.3) is 0 Å². The normalized spacial score (nSPS) is 14.8. The highest BCUT2D eigenvalue weighted by Gasteiger charge is 2.24. The van der Waals surface area contributed by atoms with Gasteiger partial charge in [0.1, 0.15) is 0 Å². The molecule has 2 N–H and O–H groups in total. The minimum absolute atomic E-state index is 0.610. The van der Waals surface area contributed by atoms with Crippen LogP contribution in [0.5, 0.6) is 0 Å². The maximum Gasteiger partial charge on any atom is 0.0317 e. The average Bonchev–Trinajstić information content (AvgIpc) is 2.82. The maximum absolute atomic E-state index is 5.84. The molecule has 0 saturated carbocycles. The molecule has 1 aliphatic rings. The number of nitrogens with zero attached hydrogens (tertiary/aromatic N) is 1. The van der Waals surface area contributed by atoms with Crippen LogP contribution in [-0.4, -0.2) is 18.0 Å². The zero-order valence-corrected chi connectivity index (χ0v) is 11.3. The van der Waals surface area contributed by atoms with Crippen molar-refractivity contribution in [2.45, 2.75) is 25.4 Å². The van der Waals surface area contributed by atoms with Crippen LogP contribution < -0.4 is 5.73 Å². The Morgan fingerprint density at radius 3 is 2.37 bits per heavy atom. The molecule has 0 fully saturated rings. The third kappa shape index (κ3) is 2.64. The van der Waals surface area contributed by atoms with Crippen LogP contribution in [0.15, 0.2) is 48.5 Å². The number of fused-ring (bicyclic) bond motifs is 1. The molecule has 0 amide bonds. The molecule has 0 spiro atoms. The SMILES string of the molecule is CN(Cc1cccc(N)c1)C1Cc2ccccc2C1. The zero-order valence-electron chi connectivity index (χ0n) is 11.3.